The highest BCUT2D eigenvalue weighted by atomic mass is 19.1. The molecule has 0 aliphatic carbocycles. The number of benzene rings is 2. The number of rotatable bonds is 4. The molecule has 1 heterocycles. The first kappa shape index (κ1) is 13.6. The topological polar surface area (TPSA) is 47.9 Å². The van der Waals surface area contributed by atoms with E-state index in [1.807, 2.05) is 0 Å². The lowest BCUT2D eigenvalue weighted by Gasteiger charge is -2.12. The molecule has 1 aliphatic rings. The van der Waals surface area contributed by atoms with Crippen LogP contribution in [0.25, 0.3) is 0 Å². The normalized spacial score (nSPS) is 12.5. The molecule has 0 atom stereocenters. The van der Waals surface area contributed by atoms with Gasteiger partial charge in [-0.15, -0.1) is 0 Å². The summed E-state index contributed by atoms with van der Waals surface area (Å²) in [6.07, 6.45) is 0. The van der Waals surface area contributed by atoms with Gasteiger partial charge < -0.3 is 19.3 Å². The minimum atomic E-state index is -0.553. The summed E-state index contributed by atoms with van der Waals surface area (Å²) in [4.78, 5) is 0. The first-order valence-corrected chi connectivity index (χ1v) is 6.27. The second-order valence-corrected chi connectivity index (χ2v) is 4.50. The zero-order valence-electron chi connectivity index (χ0n) is 10.9. The highest BCUT2D eigenvalue weighted by Crippen LogP contribution is 2.38. The van der Waals surface area contributed by atoms with Crippen molar-refractivity contribution in [1.29, 1.82) is 0 Å². The fourth-order valence-corrected chi connectivity index (χ4v) is 2.03. The minimum absolute atomic E-state index is 0.0940. The smallest absolute Gasteiger partial charge is 0.231 e. The lowest BCUT2D eigenvalue weighted by atomic mass is 10.2. The molecule has 0 aromatic heterocycles. The van der Waals surface area contributed by atoms with E-state index in [0.29, 0.717) is 22.8 Å². The van der Waals surface area contributed by atoms with Gasteiger partial charge in [0.25, 0.3) is 0 Å². The van der Waals surface area contributed by atoms with E-state index in [1.165, 1.54) is 0 Å². The maximum Gasteiger partial charge on any atom is 0.231 e. The molecule has 0 bridgehead atoms. The first-order valence-electron chi connectivity index (χ1n) is 6.27. The van der Waals surface area contributed by atoms with Crippen molar-refractivity contribution >= 4 is 0 Å². The van der Waals surface area contributed by atoms with E-state index in [0.717, 1.165) is 18.2 Å². The van der Waals surface area contributed by atoms with Crippen molar-refractivity contribution in [2.24, 2.45) is 0 Å². The molecular formula is C15H12F2O4. The minimum Gasteiger partial charge on any atom is -0.488 e. The summed E-state index contributed by atoms with van der Waals surface area (Å²) >= 11 is 0. The third-order valence-electron chi connectivity index (χ3n) is 3.12. The standard InChI is InChI=1S/C15H12F2O4/c16-11-1-2-12(17)10(3-11)7-19-13-5-15-14(20-8-21-15)4-9(13)6-18/h1-5,18H,6-8H2. The molecule has 21 heavy (non-hydrogen) atoms. The Hall–Kier alpha value is -2.34. The number of fused-ring (bicyclic) bond motifs is 1. The van der Waals surface area contributed by atoms with Crippen LogP contribution in [-0.2, 0) is 13.2 Å². The zero-order chi connectivity index (χ0) is 14.8. The van der Waals surface area contributed by atoms with E-state index >= 15 is 0 Å². The molecule has 0 saturated heterocycles. The number of hydrogen-bond donors (Lipinski definition) is 1. The summed E-state index contributed by atoms with van der Waals surface area (Å²) in [7, 11) is 0. The summed E-state index contributed by atoms with van der Waals surface area (Å²) in [5, 5.41) is 9.34. The monoisotopic (exact) mass is 294 g/mol. The molecule has 4 nitrogen and oxygen atoms in total. The largest absolute Gasteiger partial charge is 0.488 e. The van der Waals surface area contributed by atoms with Crippen LogP contribution < -0.4 is 14.2 Å². The van der Waals surface area contributed by atoms with Gasteiger partial charge in [0.15, 0.2) is 11.5 Å². The molecule has 0 spiro atoms. The van der Waals surface area contributed by atoms with Crippen molar-refractivity contribution in [3.05, 3.63) is 53.1 Å². The van der Waals surface area contributed by atoms with E-state index in [1.54, 1.807) is 12.1 Å². The summed E-state index contributed by atoms with van der Waals surface area (Å²) in [6.45, 7) is -0.323. The summed E-state index contributed by atoms with van der Waals surface area (Å²) in [6, 6.07) is 6.31. The van der Waals surface area contributed by atoms with Crippen LogP contribution in [0.5, 0.6) is 17.2 Å². The van der Waals surface area contributed by atoms with Crippen LogP contribution in [0.15, 0.2) is 30.3 Å². The Kier molecular flexibility index (Phi) is 3.62. The van der Waals surface area contributed by atoms with Crippen LogP contribution in [0.1, 0.15) is 11.1 Å². The lowest BCUT2D eigenvalue weighted by Crippen LogP contribution is -2.01. The molecule has 0 saturated carbocycles. The number of aliphatic hydroxyl groups excluding tert-OH is 1. The van der Waals surface area contributed by atoms with Gasteiger partial charge in [-0.25, -0.2) is 8.78 Å². The average molecular weight is 294 g/mol. The Morgan fingerprint density at radius 2 is 1.81 bits per heavy atom. The van der Waals surface area contributed by atoms with E-state index in [4.69, 9.17) is 14.2 Å². The Morgan fingerprint density at radius 3 is 2.57 bits per heavy atom. The Morgan fingerprint density at radius 1 is 1.05 bits per heavy atom. The molecule has 110 valence electrons. The van der Waals surface area contributed by atoms with Crippen LogP contribution in [0.2, 0.25) is 0 Å². The Bertz CT molecular complexity index is 673. The summed E-state index contributed by atoms with van der Waals surface area (Å²) in [5.74, 6) is 0.251. The van der Waals surface area contributed by atoms with Gasteiger partial charge in [0.05, 0.1) is 6.61 Å². The van der Waals surface area contributed by atoms with Crippen molar-refractivity contribution in [3.63, 3.8) is 0 Å². The average Bonchev–Trinajstić information content (AvgIpc) is 2.94. The highest BCUT2D eigenvalue weighted by molar-refractivity contribution is 5.51. The molecule has 6 heteroatoms. The molecule has 2 aromatic carbocycles. The molecule has 0 radical (unpaired) electrons. The van der Waals surface area contributed by atoms with Gasteiger partial charge in [-0.05, 0) is 24.3 Å². The predicted molar refractivity (Wildman–Crippen MR) is 69.2 cm³/mol. The van der Waals surface area contributed by atoms with Gasteiger partial charge in [0, 0.05) is 17.2 Å². The highest BCUT2D eigenvalue weighted by Gasteiger charge is 2.18. The van der Waals surface area contributed by atoms with Gasteiger partial charge in [0.2, 0.25) is 6.79 Å². The van der Waals surface area contributed by atoms with E-state index in [9.17, 15) is 13.9 Å². The molecule has 1 aliphatic heterocycles. The van der Waals surface area contributed by atoms with Gasteiger partial charge >= 0.3 is 0 Å². The number of ether oxygens (including phenoxy) is 3. The zero-order valence-corrected chi connectivity index (χ0v) is 10.9. The van der Waals surface area contributed by atoms with Gasteiger partial charge in [-0.1, -0.05) is 0 Å². The molecule has 0 unspecified atom stereocenters. The van der Waals surface area contributed by atoms with Gasteiger partial charge in [-0.3, -0.25) is 0 Å². The predicted octanol–water partition coefficient (Wildman–Crippen LogP) is 2.76. The third-order valence-corrected chi connectivity index (χ3v) is 3.12. The van der Waals surface area contributed by atoms with Crippen LogP contribution in [0, 0.1) is 11.6 Å². The lowest BCUT2D eigenvalue weighted by molar-refractivity contribution is 0.173. The van der Waals surface area contributed by atoms with Gasteiger partial charge in [0.1, 0.15) is 24.0 Å². The fraction of sp³-hybridized carbons (Fsp3) is 0.200. The molecular weight excluding hydrogens is 282 g/mol. The number of hydrogen-bond acceptors (Lipinski definition) is 4. The summed E-state index contributed by atoms with van der Waals surface area (Å²) < 4.78 is 42.5. The fourth-order valence-electron chi connectivity index (χ4n) is 2.03. The van der Waals surface area contributed by atoms with E-state index in [2.05, 4.69) is 0 Å². The maximum atomic E-state index is 13.5. The van der Waals surface area contributed by atoms with E-state index < -0.39 is 11.6 Å². The molecule has 0 fully saturated rings. The quantitative estimate of drug-likeness (QED) is 0.942. The van der Waals surface area contributed by atoms with E-state index in [-0.39, 0.29) is 25.6 Å². The van der Waals surface area contributed by atoms with Crippen molar-refractivity contribution in [2.45, 2.75) is 13.2 Å². The molecule has 1 N–H and O–H groups in total. The number of halogens is 2. The summed E-state index contributed by atoms with van der Waals surface area (Å²) in [5.41, 5.74) is 0.576. The maximum absolute atomic E-state index is 13.5. The SMILES string of the molecule is OCc1cc2c(cc1OCc1cc(F)ccc1F)OCO2. The second-order valence-electron chi connectivity index (χ2n) is 4.50. The molecule has 3 rings (SSSR count). The molecule has 2 aromatic rings. The first-order chi connectivity index (χ1) is 10.2. The van der Waals surface area contributed by atoms with Crippen LogP contribution in [0.3, 0.4) is 0 Å². The van der Waals surface area contributed by atoms with Crippen LogP contribution in [-0.4, -0.2) is 11.9 Å². The van der Waals surface area contributed by atoms with Gasteiger partial charge in [-0.2, -0.15) is 0 Å². The van der Waals surface area contributed by atoms with Crippen LogP contribution in [0.4, 0.5) is 8.78 Å². The number of aliphatic hydroxyl groups is 1. The third kappa shape index (κ3) is 2.75. The van der Waals surface area contributed by atoms with Crippen molar-refractivity contribution < 1.29 is 28.1 Å². The Balaban J connectivity index is 1.83. The van der Waals surface area contributed by atoms with Crippen LogP contribution >= 0.6 is 0 Å². The molecule has 0 amide bonds. The Labute approximate surface area is 119 Å². The van der Waals surface area contributed by atoms with Crippen molar-refractivity contribution in [1.82, 2.24) is 0 Å². The van der Waals surface area contributed by atoms with Crippen molar-refractivity contribution in [3.8, 4) is 17.2 Å². The van der Waals surface area contributed by atoms with Crippen molar-refractivity contribution in [2.75, 3.05) is 6.79 Å². The second kappa shape index (κ2) is 5.57.